The number of nitrogens with two attached hydrogens (primary N) is 1. The van der Waals surface area contributed by atoms with Crippen LogP contribution in [0.4, 0.5) is 0 Å². The fourth-order valence-corrected chi connectivity index (χ4v) is 2.11. The average Bonchev–Trinajstić information content (AvgIpc) is 2.25. The molecule has 0 aliphatic rings. The van der Waals surface area contributed by atoms with Gasteiger partial charge in [0.2, 0.25) is 0 Å². The molecule has 98 valence electrons. The lowest BCUT2D eigenvalue weighted by Crippen LogP contribution is -2.39. The zero-order valence-corrected chi connectivity index (χ0v) is 10.9. The van der Waals surface area contributed by atoms with Crippen molar-refractivity contribution in [3.8, 4) is 0 Å². The average molecular weight is 253 g/mol. The summed E-state index contributed by atoms with van der Waals surface area (Å²) in [7, 11) is -0.154. The number of ether oxygens (including phenoxy) is 1. The van der Waals surface area contributed by atoms with Crippen LogP contribution in [0.2, 0.25) is 0 Å². The van der Waals surface area contributed by atoms with Crippen molar-refractivity contribution in [1.82, 2.24) is 9.03 Å². The van der Waals surface area contributed by atoms with E-state index in [1.54, 1.807) is 14.2 Å². The molecule has 0 bridgehead atoms. The number of unbranched alkanes of at least 4 members (excludes halogenated alkanes) is 1. The first-order valence-corrected chi connectivity index (χ1v) is 6.88. The minimum absolute atomic E-state index is 0.443. The fourth-order valence-electron chi connectivity index (χ4n) is 1.12. The summed E-state index contributed by atoms with van der Waals surface area (Å²) >= 11 is 0. The molecule has 0 atom stereocenters. The molecule has 0 saturated heterocycles. The first-order chi connectivity index (χ1) is 7.54. The molecule has 0 heterocycles. The van der Waals surface area contributed by atoms with Crippen LogP contribution in [-0.2, 0) is 14.9 Å². The number of nitrogens with zero attached hydrogens (tertiary/aromatic N) is 1. The van der Waals surface area contributed by atoms with Gasteiger partial charge in [-0.05, 0) is 25.8 Å². The molecule has 7 heteroatoms. The second kappa shape index (κ2) is 8.89. The summed E-state index contributed by atoms with van der Waals surface area (Å²) in [5, 5.41) is 0. The lowest BCUT2D eigenvalue weighted by molar-refractivity contribution is 0.193. The van der Waals surface area contributed by atoms with Crippen LogP contribution in [0.1, 0.15) is 19.3 Å². The van der Waals surface area contributed by atoms with Gasteiger partial charge in [-0.1, -0.05) is 0 Å². The van der Waals surface area contributed by atoms with Crippen LogP contribution in [0.3, 0.4) is 0 Å². The van der Waals surface area contributed by atoms with Gasteiger partial charge in [0.1, 0.15) is 0 Å². The zero-order valence-electron chi connectivity index (χ0n) is 10.1. The van der Waals surface area contributed by atoms with Crippen molar-refractivity contribution in [2.24, 2.45) is 5.73 Å². The van der Waals surface area contributed by atoms with Crippen LogP contribution < -0.4 is 10.5 Å². The SMILES string of the molecule is COCCCCNS(=O)(=O)N(C)CCCN. The molecule has 6 nitrogen and oxygen atoms in total. The predicted molar refractivity (Wildman–Crippen MR) is 64.3 cm³/mol. The minimum Gasteiger partial charge on any atom is -0.385 e. The summed E-state index contributed by atoms with van der Waals surface area (Å²) in [5.41, 5.74) is 5.32. The summed E-state index contributed by atoms with van der Waals surface area (Å²) in [5.74, 6) is 0. The largest absolute Gasteiger partial charge is 0.385 e. The van der Waals surface area contributed by atoms with Crippen LogP contribution in [0.25, 0.3) is 0 Å². The second-order valence-corrected chi connectivity index (χ2v) is 5.43. The Morgan fingerprint density at radius 2 is 2.00 bits per heavy atom. The number of hydrogen-bond acceptors (Lipinski definition) is 4. The first-order valence-electron chi connectivity index (χ1n) is 5.44. The van der Waals surface area contributed by atoms with Crippen molar-refractivity contribution < 1.29 is 13.2 Å². The van der Waals surface area contributed by atoms with Gasteiger partial charge in [0.15, 0.2) is 0 Å². The quantitative estimate of drug-likeness (QED) is 0.515. The maximum Gasteiger partial charge on any atom is 0.279 e. The Bertz CT molecular complexity index is 257. The van der Waals surface area contributed by atoms with Gasteiger partial charge in [-0.25, -0.2) is 4.72 Å². The molecular formula is C9H23N3O3S. The molecule has 0 fully saturated rings. The van der Waals surface area contributed by atoms with E-state index in [0.717, 1.165) is 12.8 Å². The highest BCUT2D eigenvalue weighted by atomic mass is 32.2. The molecule has 0 aromatic rings. The van der Waals surface area contributed by atoms with Crippen LogP contribution in [0.5, 0.6) is 0 Å². The van der Waals surface area contributed by atoms with Crippen molar-refractivity contribution in [3.05, 3.63) is 0 Å². The molecule has 0 aliphatic carbocycles. The predicted octanol–water partition coefficient (Wildman–Crippen LogP) is -0.472. The lowest BCUT2D eigenvalue weighted by atomic mass is 10.3. The highest BCUT2D eigenvalue weighted by molar-refractivity contribution is 7.87. The van der Waals surface area contributed by atoms with E-state index in [4.69, 9.17) is 10.5 Å². The highest BCUT2D eigenvalue weighted by Crippen LogP contribution is 1.96. The first kappa shape index (κ1) is 15.8. The summed E-state index contributed by atoms with van der Waals surface area (Å²) in [6, 6.07) is 0. The Morgan fingerprint density at radius 1 is 1.31 bits per heavy atom. The molecular weight excluding hydrogens is 230 g/mol. The summed E-state index contributed by atoms with van der Waals surface area (Å²) in [6.07, 6.45) is 2.30. The standard InChI is InChI=1S/C9H23N3O3S/c1-12(8-5-6-10)16(13,14)11-7-3-4-9-15-2/h11H,3-10H2,1-2H3. The van der Waals surface area contributed by atoms with Crippen molar-refractivity contribution in [2.45, 2.75) is 19.3 Å². The molecule has 0 spiro atoms. The molecule has 0 rings (SSSR count). The van der Waals surface area contributed by atoms with Crippen molar-refractivity contribution in [1.29, 1.82) is 0 Å². The third kappa shape index (κ3) is 7.13. The maximum atomic E-state index is 11.6. The van der Waals surface area contributed by atoms with Crippen molar-refractivity contribution >= 4 is 10.2 Å². The van der Waals surface area contributed by atoms with Crippen LogP contribution in [0, 0.1) is 0 Å². The van der Waals surface area contributed by atoms with E-state index in [0.29, 0.717) is 32.7 Å². The van der Waals surface area contributed by atoms with Gasteiger partial charge in [-0.2, -0.15) is 12.7 Å². The molecule has 0 radical (unpaired) electrons. The van der Waals surface area contributed by atoms with Crippen LogP contribution >= 0.6 is 0 Å². The second-order valence-electron chi connectivity index (χ2n) is 3.56. The number of nitrogens with one attached hydrogen (secondary N) is 1. The topological polar surface area (TPSA) is 84.7 Å². The monoisotopic (exact) mass is 253 g/mol. The van der Waals surface area contributed by atoms with Crippen LogP contribution in [0.15, 0.2) is 0 Å². The van der Waals surface area contributed by atoms with E-state index in [1.165, 1.54) is 4.31 Å². The van der Waals surface area contributed by atoms with Gasteiger partial charge < -0.3 is 10.5 Å². The Balaban J connectivity index is 3.77. The summed E-state index contributed by atoms with van der Waals surface area (Å²) in [4.78, 5) is 0. The van der Waals surface area contributed by atoms with Gasteiger partial charge in [-0.3, -0.25) is 0 Å². The summed E-state index contributed by atoms with van der Waals surface area (Å²) in [6.45, 7) is 2.04. The van der Waals surface area contributed by atoms with E-state index in [1.807, 2.05) is 0 Å². The molecule has 16 heavy (non-hydrogen) atoms. The van der Waals surface area contributed by atoms with Gasteiger partial charge in [0, 0.05) is 33.9 Å². The number of hydrogen-bond donors (Lipinski definition) is 2. The van der Waals surface area contributed by atoms with Crippen molar-refractivity contribution in [3.63, 3.8) is 0 Å². The molecule has 0 amide bonds. The molecule has 0 aromatic carbocycles. The van der Waals surface area contributed by atoms with E-state index >= 15 is 0 Å². The van der Waals surface area contributed by atoms with E-state index in [-0.39, 0.29) is 0 Å². The zero-order chi connectivity index (χ0) is 12.4. The van der Waals surface area contributed by atoms with Gasteiger partial charge in [-0.15, -0.1) is 0 Å². The molecule has 0 saturated carbocycles. The Labute approximate surface area is 98.3 Å². The highest BCUT2D eigenvalue weighted by Gasteiger charge is 2.15. The smallest absolute Gasteiger partial charge is 0.279 e. The number of methoxy groups -OCH3 is 1. The molecule has 0 aliphatic heterocycles. The van der Waals surface area contributed by atoms with Crippen molar-refractivity contribution in [2.75, 3.05) is 40.4 Å². The van der Waals surface area contributed by atoms with Gasteiger partial charge in [0.25, 0.3) is 10.2 Å². The number of rotatable bonds is 10. The Morgan fingerprint density at radius 3 is 2.56 bits per heavy atom. The van der Waals surface area contributed by atoms with E-state index in [2.05, 4.69) is 4.72 Å². The normalized spacial score (nSPS) is 12.2. The fraction of sp³-hybridized carbons (Fsp3) is 1.00. The van der Waals surface area contributed by atoms with E-state index < -0.39 is 10.2 Å². The van der Waals surface area contributed by atoms with Gasteiger partial charge in [0.05, 0.1) is 0 Å². The summed E-state index contributed by atoms with van der Waals surface area (Å²) < 4.78 is 31.9. The third-order valence-corrected chi connectivity index (χ3v) is 3.72. The maximum absolute atomic E-state index is 11.6. The Kier molecular flexibility index (Phi) is 8.77. The van der Waals surface area contributed by atoms with Crippen LogP contribution in [-0.4, -0.2) is 53.1 Å². The third-order valence-electron chi connectivity index (χ3n) is 2.15. The molecule has 0 aromatic heterocycles. The van der Waals surface area contributed by atoms with E-state index in [9.17, 15) is 8.42 Å². The lowest BCUT2D eigenvalue weighted by Gasteiger charge is -2.17. The molecule has 3 N–H and O–H groups in total. The Hall–Kier alpha value is -0.210. The van der Waals surface area contributed by atoms with Gasteiger partial charge >= 0.3 is 0 Å². The molecule has 0 unspecified atom stereocenters. The minimum atomic E-state index is -3.33.